The number of nitrogens with one attached hydrogen (secondary N) is 1. The molecular formula is C17H22ClFN2O2. The van der Waals surface area contributed by atoms with Crippen molar-refractivity contribution in [1.82, 2.24) is 10.2 Å². The minimum Gasteiger partial charge on any atom is -0.391 e. The molecule has 6 heteroatoms. The van der Waals surface area contributed by atoms with E-state index in [9.17, 15) is 14.3 Å². The lowest BCUT2D eigenvalue weighted by atomic mass is 9.77. The van der Waals surface area contributed by atoms with Gasteiger partial charge in [0.05, 0.1) is 12.1 Å². The molecule has 1 saturated carbocycles. The van der Waals surface area contributed by atoms with Crippen LogP contribution in [0, 0.1) is 17.7 Å². The fourth-order valence-corrected chi connectivity index (χ4v) is 4.16. The number of aliphatic hydroxyl groups is 1. The molecule has 0 spiro atoms. The Kier molecular flexibility index (Phi) is 4.90. The van der Waals surface area contributed by atoms with Gasteiger partial charge in [0.2, 0.25) is 5.91 Å². The minimum atomic E-state index is -0.488. The van der Waals surface area contributed by atoms with Crippen LogP contribution < -0.4 is 5.32 Å². The van der Waals surface area contributed by atoms with Gasteiger partial charge in [0.1, 0.15) is 5.82 Å². The van der Waals surface area contributed by atoms with E-state index < -0.39 is 6.10 Å². The van der Waals surface area contributed by atoms with Gasteiger partial charge in [0, 0.05) is 31.6 Å². The maximum atomic E-state index is 13.4. The van der Waals surface area contributed by atoms with E-state index in [2.05, 4.69) is 10.2 Å². The molecule has 1 aromatic rings. The zero-order valence-electron chi connectivity index (χ0n) is 13.1. The van der Waals surface area contributed by atoms with Gasteiger partial charge < -0.3 is 10.4 Å². The Bertz CT molecular complexity index is 598. The fourth-order valence-electron chi connectivity index (χ4n) is 3.98. The van der Waals surface area contributed by atoms with Crippen molar-refractivity contribution in [2.75, 3.05) is 13.1 Å². The molecule has 4 nitrogen and oxygen atoms in total. The third-order valence-corrected chi connectivity index (χ3v) is 5.38. The number of carbonyl (C=O) groups is 1. The molecule has 4 atom stereocenters. The second-order valence-electron chi connectivity index (χ2n) is 6.80. The Hall–Kier alpha value is -1.17. The first-order valence-electron chi connectivity index (χ1n) is 8.04. The second kappa shape index (κ2) is 6.75. The van der Waals surface area contributed by atoms with E-state index >= 15 is 0 Å². The van der Waals surface area contributed by atoms with Crippen LogP contribution in [0.25, 0.3) is 0 Å². The van der Waals surface area contributed by atoms with Gasteiger partial charge in [-0.15, -0.1) is 0 Å². The Morgan fingerprint density at radius 3 is 2.78 bits per heavy atom. The van der Waals surface area contributed by atoms with Crippen LogP contribution in [0.15, 0.2) is 18.2 Å². The highest BCUT2D eigenvalue weighted by molar-refractivity contribution is 6.31. The molecule has 2 aliphatic rings. The fraction of sp³-hybridized carbons (Fsp3) is 0.588. The summed E-state index contributed by atoms with van der Waals surface area (Å²) in [6.45, 7) is 3.86. The lowest BCUT2D eigenvalue weighted by Gasteiger charge is -2.35. The van der Waals surface area contributed by atoms with Crippen LogP contribution >= 0.6 is 11.6 Å². The van der Waals surface area contributed by atoms with Crippen LogP contribution in [0.3, 0.4) is 0 Å². The summed E-state index contributed by atoms with van der Waals surface area (Å²) >= 11 is 6.15. The van der Waals surface area contributed by atoms with Crippen LogP contribution in [-0.4, -0.2) is 41.1 Å². The number of nitrogens with zero attached hydrogens (tertiary/aromatic N) is 1. The van der Waals surface area contributed by atoms with Crippen molar-refractivity contribution in [1.29, 1.82) is 0 Å². The Labute approximate surface area is 140 Å². The SMILES string of the molecule is CC(=O)N[C@@H]1C[C@@H]2CN(Cc3cc(F)ccc3Cl)C[C@@H]2C[C@H]1O. The highest BCUT2D eigenvalue weighted by Crippen LogP contribution is 2.37. The molecule has 1 saturated heterocycles. The highest BCUT2D eigenvalue weighted by Gasteiger charge is 2.41. The standard InChI is InChI=1S/C17H22ClFN2O2/c1-10(22)20-16-5-11-7-21(8-12(11)6-17(16)23)9-13-4-14(19)2-3-15(13)18/h2-4,11-12,16-17,23H,5-9H2,1H3,(H,20,22)/t11-,12+,16-,17-/m1/s1. The predicted octanol–water partition coefficient (Wildman–Crippen LogP) is 2.19. The molecule has 0 unspecified atom stereocenters. The van der Waals surface area contributed by atoms with Crippen molar-refractivity contribution >= 4 is 17.5 Å². The van der Waals surface area contributed by atoms with E-state index in [1.165, 1.54) is 19.1 Å². The van der Waals surface area contributed by atoms with E-state index in [0.29, 0.717) is 29.8 Å². The van der Waals surface area contributed by atoms with Gasteiger partial charge >= 0.3 is 0 Å². The van der Waals surface area contributed by atoms with Gasteiger partial charge in [-0.2, -0.15) is 0 Å². The van der Waals surface area contributed by atoms with Crippen molar-refractivity contribution in [3.63, 3.8) is 0 Å². The summed E-state index contributed by atoms with van der Waals surface area (Å²) in [7, 11) is 0. The van der Waals surface area contributed by atoms with Gasteiger partial charge in [-0.1, -0.05) is 11.6 Å². The van der Waals surface area contributed by atoms with E-state index in [0.717, 1.165) is 25.1 Å². The summed E-state index contributed by atoms with van der Waals surface area (Å²) in [6, 6.07) is 4.28. The quantitative estimate of drug-likeness (QED) is 0.887. The number of halogens is 2. The van der Waals surface area contributed by atoms with E-state index in [-0.39, 0.29) is 17.8 Å². The Balaban J connectivity index is 1.64. The molecule has 1 aliphatic heterocycles. The molecule has 2 N–H and O–H groups in total. The summed E-state index contributed by atoms with van der Waals surface area (Å²) in [6.07, 6.45) is 1.000. The largest absolute Gasteiger partial charge is 0.391 e. The topological polar surface area (TPSA) is 52.6 Å². The predicted molar refractivity (Wildman–Crippen MR) is 86.5 cm³/mol. The number of likely N-dealkylation sites (tertiary alicyclic amines) is 1. The van der Waals surface area contributed by atoms with Gasteiger partial charge in [-0.05, 0) is 48.4 Å². The van der Waals surface area contributed by atoms with Crippen molar-refractivity contribution in [3.8, 4) is 0 Å². The molecule has 23 heavy (non-hydrogen) atoms. The molecular weight excluding hydrogens is 319 g/mol. The van der Waals surface area contributed by atoms with E-state index in [4.69, 9.17) is 11.6 Å². The Morgan fingerprint density at radius 2 is 2.09 bits per heavy atom. The van der Waals surface area contributed by atoms with E-state index in [1.54, 1.807) is 6.07 Å². The molecule has 0 radical (unpaired) electrons. The van der Waals surface area contributed by atoms with Crippen LogP contribution in [0.1, 0.15) is 25.3 Å². The number of hydrogen-bond donors (Lipinski definition) is 2. The number of aliphatic hydroxyl groups excluding tert-OH is 1. The lowest BCUT2D eigenvalue weighted by Crippen LogP contribution is -2.48. The molecule has 0 aromatic heterocycles. The van der Waals surface area contributed by atoms with Gasteiger partial charge in [-0.25, -0.2) is 4.39 Å². The molecule has 1 aliphatic carbocycles. The average Bonchev–Trinajstić information content (AvgIpc) is 2.84. The van der Waals surface area contributed by atoms with Crippen molar-refractivity contribution in [2.45, 2.75) is 38.5 Å². The first-order valence-corrected chi connectivity index (χ1v) is 8.41. The molecule has 0 bridgehead atoms. The lowest BCUT2D eigenvalue weighted by molar-refractivity contribution is -0.121. The third-order valence-electron chi connectivity index (χ3n) is 5.01. The first kappa shape index (κ1) is 16.7. The molecule has 3 rings (SSSR count). The number of fused-ring (bicyclic) bond motifs is 1. The average molecular weight is 341 g/mol. The monoisotopic (exact) mass is 340 g/mol. The van der Waals surface area contributed by atoms with Crippen LogP contribution in [0.4, 0.5) is 4.39 Å². The molecule has 1 heterocycles. The Morgan fingerprint density at radius 1 is 1.39 bits per heavy atom. The van der Waals surface area contributed by atoms with Crippen LogP contribution in [0.5, 0.6) is 0 Å². The third kappa shape index (κ3) is 3.84. The van der Waals surface area contributed by atoms with Crippen molar-refractivity contribution in [2.24, 2.45) is 11.8 Å². The summed E-state index contributed by atoms with van der Waals surface area (Å²) in [5, 5.41) is 13.6. The second-order valence-corrected chi connectivity index (χ2v) is 7.20. The summed E-state index contributed by atoms with van der Waals surface area (Å²) in [5.41, 5.74) is 0.796. The van der Waals surface area contributed by atoms with E-state index in [1.807, 2.05) is 0 Å². The molecule has 126 valence electrons. The maximum absolute atomic E-state index is 13.4. The number of hydrogen-bond acceptors (Lipinski definition) is 3. The first-order chi connectivity index (χ1) is 10.9. The normalized spacial score (nSPS) is 31.0. The van der Waals surface area contributed by atoms with Gasteiger partial charge in [0.15, 0.2) is 0 Å². The van der Waals surface area contributed by atoms with Crippen molar-refractivity contribution in [3.05, 3.63) is 34.6 Å². The summed E-state index contributed by atoms with van der Waals surface area (Å²) in [4.78, 5) is 13.5. The number of benzene rings is 1. The van der Waals surface area contributed by atoms with Crippen LogP contribution in [0.2, 0.25) is 5.02 Å². The summed E-state index contributed by atoms with van der Waals surface area (Å²) < 4.78 is 13.4. The highest BCUT2D eigenvalue weighted by atomic mass is 35.5. The molecule has 1 amide bonds. The minimum absolute atomic E-state index is 0.103. The zero-order valence-corrected chi connectivity index (χ0v) is 13.9. The molecule has 2 fully saturated rings. The number of amides is 1. The van der Waals surface area contributed by atoms with Gasteiger partial charge in [0.25, 0.3) is 0 Å². The number of rotatable bonds is 3. The van der Waals surface area contributed by atoms with Gasteiger partial charge in [-0.3, -0.25) is 9.69 Å². The molecule has 1 aromatic carbocycles. The maximum Gasteiger partial charge on any atom is 0.217 e. The zero-order chi connectivity index (χ0) is 16.6. The smallest absolute Gasteiger partial charge is 0.217 e. The number of carbonyl (C=O) groups excluding carboxylic acids is 1. The van der Waals surface area contributed by atoms with Crippen LogP contribution in [-0.2, 0) is 11.3 Å². The summed E-state index contributed by atoms with van der Waals surface area (Å²) in [5.74, 6) is 0.487. The van der Waals surface area contributed by atoms with Crippen molar-refractivity contribution < 1.29 is 14.3 Å².